The second-order valence-electron chi connectivity index (χ2n) is 8.41. The molecule has 3 rings (SSSR count). The zero-order valence-corrected chi connectivity index (χ0v) is 18.7. The first-order valence-electron chi connectivity index (χ1n) is 10.7. The Balaban J connectivity index is 2.11. The summed E-state index contributed by atoms with van der Waals surface area (Å²) in [7, 11) is 0. The van der Waals surface area contributed by atoms with E-state index in [4.69, 9.17) is 0 Å². The Hall–Kier alpha value is -3.06. The van der Waals surface area contributed by atoms with Crippen LogP contribution < -0.4 is 26.6 Å². The molecule has 0 spiro atoms. The maximum Gasteiger partial charge on any atom is 0.261 e. The van der Waals surface area contributed by atoms with Crippen molar-refractivity contribution in [1.82, 2.24) is 15.2 Å². The first-order valence-corrected chi connectivity index (χ1v) is 10.7. The highest BCUT2D eigenvalue weighted by molar-refractivity contribution is 5.95. The highest BCUT2D eigenvalue weighted by Crippen LogP contribution is 2.10. The molecule has 7 heteroatoms. The van der Waals surface area contributed by atoms with Gasteiger partial charge < -0.3 is 15.2 Å². The predicted molar refractivity (Wildman–Crippen MR) is 123 cm³/mol. The van der Waals surface area contributed by atoms with Crippen molar-refractivity contribution < 1.29 is 13.6 Å². The molecular formula is C25H29F2N3O2. The summed E-state index contributed by atoms with van der Waals surface area (Å²) < 4.78 is 30.0. The molecule has 1 atom stereocenters. The van der Waals surface area contributed by atoms with Crippen molar-refractivity contribution in [2.45, 2.75) is 52.7 Å². The number of rotatable bonds is 6. The van der Waals surface area contributed by atoms with Crippen LogP contribution in [0.5, 0.6) is 0 Å². The second-order valence-corrected chi connectivity index (χ2v) is 8.41. The number of nitrogens with zero attached hydrogens (tertiary/aromatic N) is 1. The third-order valence-electron chi connectivity index (χ3n) is 5.62. The molecule has 1 aliphatic heterocycles. The number of hydrogen-bond acceptors (Lipinski definition) is 3. The van der Waals surface area contributed by atoms with Gasteiger partial charge in [-0.15, -0.1) is 0 Å². The molecule has 2 N–H and O–H groups in total. The van der Waals surface area contributed by atoms with Crippen LogP contribution in [0, 0.1) is 12.7 Å². The number of amides is 1. The topological polar surface area (TPSA) is 63.1 Å². The van der Waals surface area contributed by atoms with Crippen molar-refractivity contribution in [3.8, 4) is 0 Å². The molecule has 1 amide bonds. The van der Waals surface area contributed by atoms with Crippen molar-refractivity contribution in [2.24, 2.45) is 0 Å². The van der Waals surface area contributed by atoms with E-state index in [1.54, 1.807) is 32.9 Å². The molecule has 5 nitrogen and oxygen atoms in total. The minimum atomic E-state index is -0.715. The molecule has 0 bridgehead atoms. The quantitative estimate of drug-likeness (QED) is 0.724. The number of hydrogen-bond donors (Lipinski definition) is 2. The van der Waals surface area contributed by atoms with E-state index in [0.29, 0.717) is 23.4 Å². The summed E-state index contributed by atoms with van der Waals surface area (Å²) in [5, 5.41) is 5.93. The normalized spacial score (nSPS) is 16.6. The third kappa shape index (κ3) is 5.22. The van der Waals surface area contributed by atoms with E-state index >= 15 is 4.39 Å². The van der Waals surface area contributed by atoms with Crippen LogP contribution in [0.3, 0.4) is 0 Å². The van der Waals surface area contributed by atoms with Crippen LogP contribution in [0.1, 0.15) is 48.3 Å². The number of carbonyl (C=O) groups excluding carboxylic acids is 1. The Morgan fingerprint density at radius 3 is 2.75 bits per heavy atom. The van der Waals surface area contributed by atoms with Gasteiger partial charge in [-0.1, -0.05) is 24.3 Å². The minimum absolute atomic E-state index is 0.0508. The summed E-state index contributed by atoms with van der Waals surface area (Å²) in [6, 6.07) is 5.99. The minimum Gasteiger partial charge on any atom is -0.348 e. The molecule has 2 heterocycles. The highest BCUT2D eigenvalue weighted by Gasteiger charge is 2.22. The maximum atomic E-state index is 15.1. The highest BCUT2D eigenvalue weighted by atomic mass is 19.1. The predicted octanol–water partition coefficient (Wildman–Crippen LogP) is 2.43. The van der Waals surface area contributed by atoms with E-state index in [1.165, 1.54) is 22.8 Å². The van der Waals surface area contributed by atoms with Gasteiger partial charge in [-0.3, -0.25) is 9.59 Å². The lowest BCUT2D eigenvalue weighted by atomic mass is 10.1. The van der Waals surface area contributed by atoms with E-state index in [0.717, 1.165) is 19.4 Å². The molecule has 0 aliphatic carbocycles. The van der Waals surface area contributed by atoms with Crippen LogP contribution in [-0.4, -0.2) is 23.1 Å². The fourth-order valence-electron chi connectivity index (χ4n) is 4.04. The zero-order chi connectivity index (χ0) is 23.4. The maximum absolute atomic E-state index is 15.1. The van der Waals surface area contributed by atoms with Gasteiger partial charge in [0, 0.05) is 24.8 Å². The number of carbonyl (C=O) groups is 1. The molecule has 1 unspecified atom stereocenters. The smallest absolute Gasteiger partial charge is 0.261 e. The monoisotopic (exact) mass is 441 g/mol. The fraction of sp³-hybridized carbons (Fsp3) is 0.360. The van der Waals surface area contributed by atoms with Crippen molar-refractivity contribution in [2.75, 3.05) is 6.54 Å². The van der Waals surface area contributed by atoms with Crippen LogP contribution in [0.4, 0.5) is 8.78 Å². The second kappa shape index (κ2) is 10.0. The van der Waals surface area contributed by atoms with Gasteiger partial charge in [-0.2, -0.15) is 0 Å². The molecule has 170 valence electrons. The van der Waals surface area contributed by atoms with Crippen molar-refractivity contribution in [3.05, 3.63) is 79.3 Å². The van der Waals surface area contributed by atoms with Crippen LogP contribution in [0.15, 0.2) is 40.7 Å². The Morgan fingerprint density at radius 1 is 1.38 bits per heavy atom. The van der Waals surface area contributed by atoms with Crippen LogP contribution in [-0.2, 0) is 13.1 Å². The summed E-state index contributed by atoms with van der Waals surface area (Å²) in [4.78, 5) is 26.4. The summed E-state index contributed by atoms with van der Waals surface area (Å²) in [5.74, 6) is -1.60. The van der Waals surface area contributed by atoms with E-state index < -0.39 is 23.1 Å². The number of benzene rings is 1. The zero-order valence-electron chi connectivity index (χ0n) is 18.7. The molecule has 1 fully saturated rings. The number of nitrogens with one attached hydrogen (secondary N) is 2. The van der Waals surface area contributed by atoms with E-state index in [9.17, 15) is 14.0 Å². The van der Waals surface area contributed by atoms with Gasteiger partial charge in [-0.25, -0.2) is 8.78 Å². The lowest BCUT2D eigenvalue weighted by Gasteiger charge is -2.19. The van der Waals surface area contributed by atoms with E-state index in [2.05, 4.69) is 17.2 Å². The van der Waals surface area contributed by atoms with Crippen molar-refractivity contribution in [1.29, 1.82) is 0 Å². The number of halogens is 2. The van der Waals surface area contributed by atoms with Gasteiger partial charge in [0.1, 0.15) is 11.6 Å². The number of aromatic nitrogens is 1. The van der Waals surface area contributed by atoms with E-state index in [1.807, 2.05) is 0 Å². The molecule has 1 aromatic carbocycles. The molecule has 1 aromatic heterocycles. The van der Waals surface area contributed by atoms with Crippen LogP contribution in [0.25, 0.3) is 12.4 Å². The van der Waals surface area contributed by atoms with Crippen LogP contribution >= 0.6 is 0 Å². The Bertz CT molecular complexity index is 1220. The van der Waals surface area contributed by atoms with Gasteiger partial charge in [0.25, 0.3) is 11.5 Å². The summed E-state index contributed by atoms with van der Waals surface area (Å²) in [6.45, 7) is 10.3. The first kappa shape index (κ1) is 23.6. The Labute approximate surface area is 186 Å². The summed E-state index contributed by atoms with van der Waals surface area (Å²) in [6.07, 6.45) is 3.17. The standard InChI is InChI=1S/C25H29F2N3O2/c1-15(2)11-21(27)23-16(3)22(24(31)29-13-18-7-5-8-19(26)12-18)17(4)30(25(23)32)14-20-9-6-10-28-20/h5,7-8,11-12,20,28H,3,6,9-10,13-14H2,1-2,4H3,(H,29,31)/b23-21-. The Morgan fingerprint density at radius 2 is 2.12 bits per heavy atom. The van der Waals surface area contributed by atoms with Gasteiger partial charge in [0.2, 0.25) is 0 Å². The molecular weight excluding hydrogens is 412 g/mol. The number of pyridine rings is 1. The molecule has 0 radical (unpaired) electrons. The lowest BCUT2D eigenvalue weighted by molar-refractivity contribution is 0.0948. The SMILES string of the molecule is C=c1c(C(=O)NCc2cccc(F)c2)c(C)n(CC2CCCN2)c(=O)/c1=C(\F)C=C(C)C. The van der Waals surface area contributed by atoms with Gasteiger partial charge in [0.05, 0.1) is 10.8 Å². The molecule has 1 saturated heterocycles. The van der Waals surface area contributed by atoms with Gasteiger partial charge in [0.15, 0.2) is 0 Å². The largest absolute Gasteiger partial charge is 0.348 e. The first-order chi connectivity index (χ1) is 15.2. The molecule has 2 aromatic rings. The molecule has 0 saturated carbocycles. The summed E-state index contributed by atoms with van der Waals surface area (Å²) in [5.41, 5.74) is 1.36. The third-order valence-corrected chi connectivity index (χ3v) is 5.62. The number of allylic oxidation sites excluding steroid dienone is 2. The Kier molecular flexibility index (Phi) is 7.40. The molecule has 1 aliphatic rings. The van der Waals surface area contributed by atoms with Gasteiger partial charge in [-0.05, 0) is 69.1 Å². The van der Waals surface area contributed by atoms with Crippen molar-refractivity contribution >= 4 is 18.3 Å². The van der Waals surface area contributed by atoms with Crippen LogP contribution in [0.2, 0.25) is 0 Å². The van der Waals surface area contributed by atoms with E-state index in [-0.39, 0.29) is 28.6 Å². The summed E-state index contributed by atoms with van der Waals surface area (Å²) >= 11 is 0. The van der Waals surface area contributed by atoms with Crippen molar-refractivity contribution in [3.63, 3.8) is 0 Å². The average Bonchev–Trinajstić information content (AvgIpc) is 3.22. The van der Waals surface area contributed by atoms with Gasteiger partial charge >= 0.3 is 0 Å². The fourth-order valence-corrected chi connectivity index (χ4v) is 4.04. The average molecular weight is 442 g/mol. The molecule has 32 heavy (non-hydrogen) atoms. The lowest BCUT2D eigenvalue weighted by Crippen LogP contribution is -2.51.